The molecule has 29 heavy (non-hydrogen) atoms. The van der Waals surface area contributed by atoms with Gasteiger partial charge in [-0.1, -0.05) is 0 Å². The molecule has 0 radical (unpaired) electrons. The van der Waals surface area contributed by atoms with Crippen LogP contribution in [0.4, 0.5) is 4.79 Å². The Morgan fingerprint density at radius 1 is 1.21 bits per heavy atom. The van der Waals surface area contributed by atoms with Crippen molar-refractivity contribution in [2.45, 2.75) is 95.9 Å². The summed E-state index contributed by atoms with van der Waals surface area (Å²) in [7, 11) is 0. The van der Waals surface area contributed by atoms with Crippen LogP contribution in [0.2, 0.25) is 0 Å². The monoisotopic (exact) mass is 402 g/mol. The van der Waals surface area contributed by atoms with Gasteiger partial charge in [-0.3, -0.25) is 4.79 Å². The molecular weight excluding hydrogens is 368 g/mol. The summed E-state index contributed by atoms with van der Waals surface area (Å²) in [6, 6.07) is 0.221. The summed E-state index contributed by atoms with van der Waals surface area (Å²) in [5.74, 6) is 2.68. The molecule has 0 aromatic heterocycles. The molecular formula is C22H34N4O3. The topological polar surface area (TPSA) is 83.4 Å². The smallest absolute Gasteiger partial charge is 0.410 e. The van der Waals surface area contributed by atoms with Crippen molar-refractivity contribution in [3.63, 3.8) is 0 Å². The number of carbonyl (C=O) groups is 2. The number of terminal acetylenes is 1. The second-order valence-electron chi connectivity index (χ2n) is 9.88. The molecule has 0 aromatic carbocycles. The van der Waals surface area contributed by atoms with E-state index in [1.165, 1.54) is 0 Å². The lowest BCUT2D eigenvalue weighted by Crippen LogP contribution is -2.42. The van der Waals surface area contributed by atoms with Gasteiger partial charge in [0.05, 0.1) is 0 Å². The van der Waals surface area contributed by atoms with Gasteiger partial charge in [-0.25, -0.2) is 4.79 Å². The van der Waals surface area contributed by atoms with Gasteiger partial charge in [0.2, 0.25) is 5.91 Å². The molecule has 1 aliphatic carbocycles. The Morgan fingerprint density at radius 3 is 2.48 bits per heavy atom. The van der Waals surface area contributed by atoms with Crippen LogP contribution in [0.5, 0.6) is 0 Å². The van der Waals surface area contributed by atoms with Crippen molar-refractivity contribution in [2.75, 3.05) is 13.1 Å². The molecule has 1 N–H and O–H groups in total. The standard InChI is InChI=1S/C22H34N4O3/c1-5-6-10-22(24-25-22)13-9-18(27)23-17-7-11-21(12-8-17)14-15-26(16-21)19(28)29-20(2,3)4/h1,17H,6-16H2,2-4H3,(H,23,27). The Bertz CT molecular complexity index is 690. The van der Waals surface area contributed by atoms with Crippen LogP contribution in [0.25, 0.3) is 0 Å². The van der Waals surface area contributed by atoms with E-state index in [1.807, 2.05) is 25.7 Å². The van der Waals surface area contributed by atoms with Gasteiger partial charge in [0.1, 0.15) is 5.60 Å². The van der Waals surface area contributed by atoms with Crippen LogP contribution < -0.4 is 5.32 Å². The Labute approximate surface area is 174 Å². The lowest BCUT2D eigenvalue weighted by molar-refractivity contribution is -0.122. The first-order valence-corrected chi connectivity index (χ1v) is 10.8. The first kappa shape index (κ1) is 21.6. The average molecular weight is 403 g/mol. The zero-order chi connectivity index (χ0) is 21.1. The fourth-order valence-electron chi connectivity index (χ4n) is 4.48. The summed E-state index contributed by atoms with van der Waals surface area (Å²) >= 11 is 0. The maximum Gasteiger partial charge on any atom is 0.410 e. The lowest BCUT2D eigenvalue weighted by atomic mass is 9.72. The molecule has 2 fully saturated rings. The van der Waals surface area contributed by atoms with Gasteiger partial charge in [-0.05, 0) is 58.3 Å². The molecule has 3 rings (SSSR count). The summed E-state index contributed by atoms with van der Waals surface area (Å²) in [6.45, 7) is 7.22. The van der Waals surface area contributed by atoms with Crippen LogP contribution in [0, 0.1) is 17.8 Å². The number of hydrogen-bond acceptors (Lipinski definition) is 5. The van der Waals surface area contributed by atoms with Crippen LogP contribution in [-0.4, -0.2) is 47.3 Å². The largest absolute Gasteiger partial charge is 0.444 e. The number of rotatable bonds is 6. The first-order chi connectivity index (χ1) is 13.6. The quantitative estimate of drug-likeness (QED) is 0.681. The van der Waals surface area contributed by atoms with E-state index in [0.29, 0.717) is 19.3 Å². The zero-order valence-corrected chi connectivity index (χ0v) is 18.0. The molecule has 1 saturated carbocycles. The van der Waals surface area contributed by atoms with Crippen molar-refractivity contribution in [3.8, 4) is 12.3 Å². The van der Waals surface area contributed by atoms with Crippen LogP contribution in [0.15, 0.2) is 10.2 Å². The predicted molar refractivity (Wildman–Crippen MR) is 110 cm³/mol. The summed E-state index contributed by atoms with van der Waals surface area (Å²) in [5, 5.41) is 11.4. The Morgan fingerprint density at radius 2 is 1.90 bits per heavy atom. The molecule has 2 amide bonds. The number of nitrogens with one attached hydrogen (secondary N) is 1. The van der Waals surface area contributed by atoms with Crippen molar-refractivity contribution in [1.82, 2.24) is 10.2 Å². The Kier molecular flexibility index (Phi) is 6.21. The van der Waals surface area contributed by atoms with E-state index >= 15 is 0 Å². The molecule has 1 spiro atoms. The van der Waals surface area contributed by atoms with Crippen LogP contribution in [0.1, 0.15) is 78.6 Å². The van der Waals surface area contributed by atoms with Gasteiger partial charge in [-0.15, -0.1) is 12.3 Å². The highest BCUT2D eigenvalue weighted by atomic mass is 16.6. The number of amides is 2. The second kappa shape index (κ2) is 8.33. The van der Waals surface area contributed by atoms with E-state index in [2.05, 4.69) is 21.5 Å². The van der Waals surface area contributed by atoms with Gasteiger partial charge in [0.15, 0.2) is 5.66 Å². The van der Waals surface area contributed by atoms with Gasteiger partial charge in [0.25, 0.3) is 0 Å². The third kappa shape index (κ3) is 5.94. The van der Waals surface area contributed by atoms with Crippen LogP contribution in [-0.2, 0) is 9.53 Å². The van der Waals surface area contributed by atoms with Gasteiger partial charge in [0, 0.05) is 44.8 Å². The normalized spacial score (nSPS) is 27.5. The number of nitrogens with zero attached hydrogens (tertiary/aromatic N) is 3. The SMILES string of the molecule is C#CCCC1(CCC(=O)NC2CCC3(CC2)CCN(C(=O)OC(C)(C)C)C3)N=N1. The molecule has 2 aliphatic heterocycles. The van der Waals surface area contributed by atoms with Gasteiger partial charge in [-0.2, -0.15) is 10.2 Å². The van der Waals surface area contributed by atoms with E-state index in [1.54, 1.807) is 0 Å². The zero-order valence-electron chi connectivity index (χ0n) is 18.0. The van der Waals surface area contributed by atoms with Crippen molar-refractivity contribution in [3.05, 3.63) is 0 Å². The van der Waals surface area contributed by atoms with E-state index in [0.717, 1.165) is 51.6 Å². The molecule has 3 aliphatic rings. The van der Waals surface area contributed by atoms with Crippen molar-refractivity contribution in [2.24, 2.45) is 15.6 Å². The Hall–Kier alpha value is -2.10. The van der Waals surface area contributed by atoms with E-state index < -0.39 is 11.3 Å². The minimum absolute atomic E-state index is 0.0742. The number of likely N-dealkylation sites (tertiary alicyclic amines) is 1. The molecule has 1 saturated heterocycles. The molecule has 0 aromatic rings. The summed E-state index contributed by atoms with van der Waals surface area (Å²) < 4.78 is 5.52. The van der Waals surface area contributed by atoms with Crippen molar-refractivity contribution < 1.29 is 14.3 Å². The third-order valence-electron chi connectivity index (χ3n) is 6.31. The van der Waals surface area contributed by atoms with Crippen LogP contribution >= 0.6 is 0 Å². The third-order valence-corrected chi connectivity index (χ3v) is 6.31. The average Bonchev–Trinajstić information content (AvgIpc) is 3.31. The second-order valence-corrected chi connectivity index (χ2v) is 9.88. The minimum Gasteiger partial charge on any atom is -0.444 e. The Balaban J connectivity index is 1.38. The predicted octanol–water partition coefficient (Wildman–Crippen LogP) is 4.03. The highest BCUT2D eigenvalue weighted by Gasteiger charge is 2.44. The first-order valence-electron chi connectivity index (χ1n) is 10.8. The molecule has 0 atom stereocenters. The molecule has 7 nitrogen and oxygen atoms in total. The minimum atomic E-state index is -0.463. The van der Waals surface area contributed by atoms with Crippen molar-refractivity contribution in [1.29, 1.82) is 0 Å². The number of carbonyl (C=O) groups excluding carboxylic acids is 2. The van der Waals surface area contributed by atoms with Gasteiger partial charge >= 0.3 is 6.09 Å². The summed E-state index contributed by atoms with van der Waals surface area (Å²) in [5.41, 5.74) is -0.673. The highest BCUT2D eigenvalue weighted by Crippen LogP contribution is 2.44. The van der Waals surface area contributed by atoms with Crippen LogP contribution in [0.3, 0.4) is 0 Å². The number of hydrogen-bond donors (Lipinski definition) is 1. The molecule has 0 bridgehead atoms. The maximum atomic E-state index is 12.3. The van der Waals surface area contributed by atoms with Crippen molar-refractivity contribution >= 4 is 12.0 Å². The molecule has 0 unspecified atom stereocenters. The molecule has 160 valence electrons. The molecule has 2 heterocycles. The van der Waals surface area contributed by atoms with E-state index in [4.69, 9.17) is 11.2 Å². The molecule has 7 heteroatoms. The van der Waals surface area contributed by atoms with Gasteiger partial charge < -0.3 is 15.0 Å². The maximum absolute atomic E-state index is 12.3. The lowest BCUT2D eigenvalue weighted by Gasteiger charge is -2.37. The summed E-state index contributed by atoms with van der Waals surface area (Å²) in [6.07, 6.45) is 12.6. The number of ether oxygens (including phenoxy) is 1. The summed E-state index contributed by atoms with van der Waals surface area (Å²) in [4.78, 5) is 26.5. The fourth-order valence-corrected chi connectivity index (χ4v) is 4.48. The highest BCUT2D eigenvalue weighted by molar-refractivity contribution is 5.76. The van der Waals surface area contributed by atoms with E-state index in [9.17, 15) is 9.59 Å². The van der Waals surface area contributed by atoms with E-state index in [-0.39, 0.29) is 23.5 Å². The fraction of sp³-hybridized carbons (Fsp3) is 0.818.